The van der Waals surface area contributed by atoms with Crippen LogP contribution in [-0.2, 0) is 24.7 Å². The van der Waals surface area contributed by atoms with Crippen molar-refractivity contribution in [2.75, 3.05) is 5.32 Å². The Hall–Kier alpha value is -3.23. The fourth-order valence-corrected chi connectivity index (χ4v) is 6.13. The van der Waals surface area contributed by atoms with Gasteiger partial charge >= 0.3 is 5.97 Å². The fraction of sp³-hybridized carbons (Fsp3) is 0.360. The van der Waals surface area contributed by atoms with E-state index in [1.807, 2.05) is 37.3 Å². The molecular formula is C25H24ClN3O5. The molecule has 2 fully saturated rings. The Bertz CT molecular complexity index is 1230. The molecule has 2 aromatic rings. The largest absolute Gasteiger partial charge is 0.481 e. The van der Waals surface area contributed by atoms with Gasteiger partial charge in [0, 0.05) is 18.0 Å². The maximum Gasteiger partial charge on any atom is 0.303 e. The van der Waals surface area contributed by atoms with Gasteiger partial charge in [-0.25, -0.2) is 0 Å². The zero-order valence-electron chi connectivity index (χ0n) is 18.7. The van der Waals surface area contributed by atoms with Crippen LogP contribution in [-0.4, -0.2) is 39.7 Å². The predicted octanol–water partition coefficient (Wildman–Crippen LogP) is 2.99. The number of likely N-dealkylation sites (tertiary alicyclic amines) is 1. The van der Waals surface area contributed by atoms with Gasteiger partial charge in [-0.3, -0.25) is 29.4 Å². The third-order valence-electron chi connectivity index (χ3n) is 7.29. The van der Waals surface area contributed by atoms with Crippen molar-refractivity contribution >= 4 is 41.0 Å². The molecule has 9 heteroatoms. The summed E-state index contributed by atoms with van der Waals surface area (Å²) in [5, 5.41) is 15.7. The summed E-state index contributed by atoms with van der Waals surface area (Å²) in [4.78, 5) is 53.7. The van der Waals surface area contributed by atoms with E-state index in [1.165, 1.54) is 4.90 Å². The normalized spacial score (nSPS) is 28.3. The lowest BCUT2D eigenvalue weighted by Crippen LogP contribution is -2.53. The zero-order chi connectivity index (χ0) is 24.4. The minimum Gasteiger partial charge on any atom is -0.481 e. The monoisotopic (exact) mass is 481 g/mol. The quantitative estimate of drug-likeness (QED) is 0.565. The van der Waals surface area contributed by atoms with Crippen molar-refractivity contribution in [2.45, 2.75) is 44.3 Å². The number of rotatable bonds is 5. The first kappa shape index (κ1) is 22.6. The molecule has 3 aliphatic heterocycles. The highest BCUT2D eigenvalue weighted by atomic mass is 35.5. The molecule has 0 radical (unpaired) electrons. The number of aryl methyl sites for hydroxylation is 1. The van der Waals surface area contributed by atoms with Gasteiger partial charge in [-0.1, -0.05) is 48.0 Å². The molecule has 0 unspecified atom stereocenters. The van der Waals surface area contributed by atoms with E-state index < -0.39 is 53.1 Å². The third kappa shape index (κ3) is 3.09. The fourth-order valence-electron chi connectivity index (χ4n) is 5.81. The lowest BCUT2D eigenvalue weighted by Gasteiger charge is -2.31. The Morgan fingerprint density at radius 2 is 1.88 bits per heavy atom. The highest BCUT2D eigenvalue weighted by Crippen LogP contribution is 2.55. The molecule has 0 bridgehead atoms. The number of nitrogens with zero attached hydrogens (tertiary/aromatic N) is 1. The molecule has 3 heterocycles. The number of carboxylic acid groups (broad SMARTS) is 1. The molecule has 0 aromatic heterocycles. The van der Waals surface area contributed by atoms with Crippen LogP contribution in [0.25, 0.3) is 0 Å². The molecule has 5 rings (SSSR count). The second-order valence-corrected chi connectivity index (χ2v) is 9.66. The van der Waals surface area contributed by atoms with Crippen molar-refractivity contribution in [1.29, 1.82) is 0 Å². The molecule has 5 atom stereocenters. The number of nitrogens with one attached hydrogen (secondary N) is 2. The van der Waals surface area contributed by atoms with Crippen LogP contribution >= 0.6 is 11.6 Å². The number of anilines is 1. The van der Waals surface area contributed by atoms with Crippen LogP contribution in [0.4, 0.5) is 5.69 Å². The Labute approximate surface area is 201 Å². The number of fused-ring (bicyclic) bond motifs is 4. The summed E-state index contributed by atoms with van der Waals surface area (Å²) >= 11 is 6.43. The van der Waals surface area contributed by atoms with E-state index in [9.17, 15) is 24.3 Å². The summed E-state index contributed by atoms with van der Waals surface area (Å²) in [6.07, 6.45) is -0.0945. The number of carbonyl (C=O) groups is 4. The van der Waals surface area contributed by atoms with Gasteiger partial charge in [-0.2, -0.15) is 0 Å². The van der Waals surface area contributed by atoms with E-state index in [1.54, 1.807) is 19.1 Å². The van der Waals surface area contributed by atoms with E-state index in [0.29, 0.717) is 16.3 Å². The minimum atomic E-state index is -1.50. The number of benzene rings is 2. The van der Waals surface area contributed by atoms with Crippen LogP contribution in [0.5, 0.6) is 0 Å². The molecule has 176 valence electrons. The van der Waals surface area contributed by atoms with Crippen molar-refractivity contribution < 1.29 is 24.3 Å². The Balaban J connectivity index is 1.64. The van der Waals surface area contributed by atoms with E-state index in [2.05, 4.69) is 10.6 Å². The average Bonchev–Trinajstić information content (AvgIpc) is 3.38. The highest BCUT2D eigenvalue weighted by molar-refractivity contribution is 6.35. The van der Waals surface area contributed by atoms with Gasteiger partial charge in [0.25, 0.3) is 0 Å². The standard InChI is InChI=1S/C25H24ClN3O5/c1-12-10-15-21(16(26)11-12)27-24(34)25(15)20-19(17(28-25)8-9-18(30)31)22(32)29(23(20)33)13(2)14-6-4-3-5-7-14/h3-7,10-11,13,17,19-20,28H,8-9H2,1-2H3,(H,27,34)(H,30,31)/t13-,17+,19-,20-,25-/m1/s1. The number of amides is 3. The number of imide groups is 1. The summed E-state index contributed by atoms with van der Waals surface area (Å²) in [6.45, 7) is 3.62. The van der Waals surface area contributed by atoms with Crippen molar-refractivity contribution in [3.8, 4) is 0 Å². The second-order valence-electron chi connectivity index (χ2n) is 9.25. The molecule has 0 aliphatic carbocycles. The number of hydrogen-bond acceptors (Lipinski definition) is 5. The summed E-state index contributed by atoms with van der Waals surface area (Å²) in [5.41, 5.74) is 1.03. The second kappa shape index (κ2) is 7.92. The van der Waals surface area contributed by atoms with Crippen LogP contribution < -0.4 is 10.6 Å². The SMILES string of the molecule is Cc1cc(Cl)c2c(c1)[C@]1(N[C@@H](CCC(=O)O)[C@H]3C(=O)N([C@H](C)c4ccccc4)C(=O)[C@@H]31)C(=O)N2. The van der Waals surface area contributed by atoms with Crippen molar-refractivity contribution in [3.05, 3.63) is 64.2 Å². The van der Waals surface area contributed by atoms with Crippen LogP contribution in [0.1, 0.15) is 42.5 Å². The van der Waals surface area contributed by atoms with Gasteiger partial charge in [0.1, 0.15) is 5.54 Å². The van der Waals surface area contributed by atoms with Crippen LogP contribution in [0, 0.1) is 18.8 Å². The molecule has 1 spiro atoms. The summed E-state index contributed by atoms with van der Waals surface area (Å²) < 4.78 is 0. The predicted molar refractivity (Wildman–Crippen MR) is 124 cm³/mol. The summed E-state index contributed by atoms with van der Waals surface area (Å²) in [6, 6.07) is 11.5. The first-order chi connectivity index (χ1) is 16.2. The van der Waals surface area contributed by atoms with Crippen LogP contribution in [0.3, 0.4) is 0 Å². The Morgan fingerprint density at radius 1 is 1.18 bits per heavy atom. The lowest BCUT2D eigenvalue weighted by atomic mass is 9.76. The molecule has 3 N–H and O–H groups in total. The molecule has 3 aliphatic rings. The van der Waals surface area contributed by atoms with Gasteiger partial charge in [0.05, 0.1) is 28.6 Å². The van der Waals surface area contributed by atoms with Gasteiger partial charge in [0.15, 0.2) is 0 Å². The van der Waals surface area contributed by atoms with E-state index in [0.717, 1.165) is 11.1 Å². The Morgan fingerprint density at radius 3 is 2.56 bits per heavy atom. The summed E-state index contributed by atoms with van der Waals surface area (Å²) in [5.74, 6) is -4.19. The van der Waals surface area contributed by atoms with Crippen molar-refractivity contribution in [1.82, 2.24) is 10.2 Å². The zero-order valence-corrected chi connectivity index (χ0v) is 19.4. The lowest BCUT2D eigenvalue weighted by molar-refractivity contribution is -0.145. The average molecular weight is 482 g/mol. The third-order valence-corrected chi connectivity index (χ3v) is 7.59. The number of hydrogen-bond donors (Lipinski definition) is 3. The number of halogens is 1. The molecule has 2 aromatic carbocycles. The molecule has 8 nitrogen and oxygen atoms in total. The van der Waals surface area contributed by atoms with E-state index in [4.69, 9.17) is 11.6 Å². The van der Waals surface area contributed by atoms with Gasteiger partial charge in [-0.15, -0.1) is 0 Å². The van der Waals surface area contributed by atoms with Gasteiger partial charge in [0.2, 0.25) is 17.7 Å². The Kier molecular flexibility index (Phi) is 5.26. The van der Waals surface area contributed by atoms with E-state index >= 15 is 0 Å². The maximum absolute atomic E-state index is 13.9. The smallest absolute Gasteiger partial charge is 0.303 e. The first-order valence-electron chi connectivity index (χ1n) is 11.2. The van der Waals surface area contributed by atoms with Crippen LogP contribution in [0.15, 0.2) is 42.5 Å². The van der Waals surface area contributed by atoms with Crippen LogP contribution in [0.2, 0.25) is 5.02 Å². The number of carbonyl (C=O) groups excluding carboxylic acids is 3. The molecule has 0 saturated carbocycles. The molecule has 2 saturated heterocycles. The maximum atomic E-state index is 13.9. The number of carboxylic acids is 1. The van der Waals surface area contributed by atoms with Gasteiger partial charge in [-0.05, 0) is 37.5 Å². The molecular weight excluding hydrogens is 458 g/mol. The van der Waals surface area contributed by atoms with Crippen molar-refractivity contribution in [2.24, 2.45) is 11.8 Å². The minimum absolute atomic E-state index is 0.104. The summed E-state index contributed by atoms with van der Waals surface area (Å²) in [7, 11) is 0. The van der Waals surface area contributed by atoms with Gasteiger partial charge < -0.3 is 10.4 Å². The molecule has 3 amide bonds. The topological polar surface area (TPSA) is 116 Å². The number of aliphatic carboxylic acids is 1. The van der Waals surface area contributed by atoms with Crippen molar-refractivity contribution in [3.63, 3.8) is 0 Å². The highest BCUT2D eigenvalue weighted by Gasteiger charge is 2.71. The molecule has 34 heavy (non-hydrogen) atoms. The first-order valence-corrected chi connectivity index (χ1v) is 11.6. The van der Waals surface area contributed by atoms with E-state index in [-0.39, 0.29) is 12.8 Å².